The molecule has 0 N–H and O–H groups in total. The van der Waals surface area contributed by atoms with Crippen molar-refractivity contribution in [3.63, 3.8) is 0 Å². The number of amides is 1. The smallest absolute Gasteiger partial charge is 0.257 e. The van der Waals surface area contributed by atoms with E-state index in [9.17, 15) is 4.79 Å². The number of carbonyl (C=O) groups excluding carboxylic acids is 1. The Morgan fingerprint density at radius 1 is 1.25 bits per heavy atom. The zero-order chi connectivity index (χ0) is 19.8. The second-order valence-corrected chi connectivity index (χ2v) is 6.79. The number of thiophene rings is 1. The van der Waals surface area contributed by atoms with E-state index >= 15 is 0 Å². The third-order valence-electron chi connectivity index (χ3n) is 3.91. The van der Waals surface area contributed by atoms with Crippen molar-refractivity contribution in [2.45, 2.75) is 6.54 Å². The molecule has 0 aliphatic carbocycles. The van der Waals surface area contributed by atoms with Gasteiger partial charge in [-0.15, -0.1) is 21.5 Å². The maximum Gasteiger partial charge on any atom is 0.257 e. The highest BCUT2D eigenvalue weighted by Crippen LogP contribution is 2.23. The molecule has 0 bridgehead atoms. The molecule has 0 atom stereocenters. The minimum atomic E-state index is -0.171. The van der Waals surface area contributed by atoms with Gasteiger partial charge < -0.3 is 18.8 Å². The van der Waals surface area contributed by atoms with Gasteiger partial charge in [-0.3, -0.25) is 4.79 Å². The maximum atomic E-state index is 12.7. The van der Waals surface area contributed by atoms with E-state index in [-0.39, 0.29) is 12.5 Å². The van der Waals surface area contributed by atoms with Crippen LogP contribution < -0.4 is 4.74 Å². The standard InChI is InChI=1S/C20H21N3O4S/c1-25-11-10-23(14-18-21-22-20(27-18)17-7-4-12-28-17)19(24)9-8-15-5-3-6-16(13-15)26-2/h3-9,12-13H,10-11,14H2,1-2H3. The van der Waals surface area contributed by atoms with Crippen molar-refractivity contribution < 1.29 is 18.7 Å². The summed E-state index contributed by atoms with van der Waals surface area (Å²) in [5, 5.41) is 10.1. The van der Waals surface area contributed by atoms with Crippen LogP contribution in [0.4, 0.5) is 0 Å². The van der Waals surface area contributed by atoms with Crippen molar-refractivity contribution in [3.05, 3.63) is 59.3 Å². The van der Waals surface area contributed by atoms with Crippen molar-refractivity contribution in [1.29, 1.82) is 0 Å². The van der Waals surface area contributed by atoms with Crippen molar-refractivity contribution in [2.75, 3.05) is 27.4 Å². The van der Waals surface area contributed by atoms with E-state index in [1.165, 1.54) is 17.4 Å². The van der Waals surface area contributed by atoms with Crippen LogP contribution in [0.3, 0.4) is 0 Å². The van der Waals surface area contributed by atoms with E-state index in [0.717, 1.165) is 16.2 Å². The Morgan fingerprint density at radius 3 is 2.89 bits per heavy atom. The number of hydrogen-bond donors (Lipinski definition) is 0. The fourth-order valence-electron chi connectivity index (χ4n) is 2.47. The Balaban J connectivity index is 1.70. The normalized spacial score (nSPS) is 11.1. The molecule has 3 rings (SSSR count). The summed E-state index contributed by atoms with van der Waals surface area (Å²) in [6.07, 6.45) is 3.26. The maximum absolute atomic E-state index is 12.7. The molecule has 7 nitrogen and oxygen atoms in total. The first-order valence-electron chi connectivity index (χ1n) is 8.66. The minimum absolute atomic E-state index is 0.171. The summed E-state index contributed by atoms with van der Waals surface area (Å²) in [5.41, 5.74) is 0.872. The molecule has 0 aliphatic rings. The number of benzene rings is 1. The van der Waals surface area contributed by atoms with E-state index in [4.69, 9.17) is 13.9 Å². The molecule has 0 saturated carbocycles. The number of methoxy groups -OCH3 is 2. The number of rotatable bonds is 9. The highest BCUT2D eigenvalue weighted by Gasteiger charge is 2.16. The van der Waals surface area contributed by atoms with Gasteiger partial charge in [-0.05, 0) is 35.2 Å². The Bertz CT molecular complexity index is 921. The molecule has 2 aromatic heterocycles. The molecule has 8 heteroatoms. The van der Waals surface area contributed by atoms with Gasteiger partial charge >= 0.3 is 0 Å². The van der Waals surface area contributed by atoms with Crippen LogP contribution >= 0.6 is 11.3 Å². The van der Waals surface area contributed by atoms with Gasteiger partial charge in [0.1, 0.15) is 5.75 Å². The van der Waals surface area contributed by atoms with Gasteiger partial charge in [0, 0.05) is 19.7 Å². The Kier molecular flexibility index (Phi) is 6.94. The molecule has 28 heavy (non-hydrogen) atoms. The van der Waals surface area contributed by atoms with Gasteiger partial charge in [-0.25, -0.2) is 0 Å². The molecule has 3 aromatic rings. The van der Waals surface area contributed by atoms with Crippen LogP contribution in [0.5, 0.6) is 5.75 Å². The molecule has 0 aliphatic heterocycles. The van der Waals surface area contributed by atoms with Crippen molar-refractivity contribution in [1.82, 2.24) is 15.1 Å². The summed E-state index contributed by atoms with van der Waals surface area (Å²) in [6.45, 7) is 1.03. The highest BCUT2D eigenvalue weighted by molar-refractivity contribution is 7.13. The van der Waals surface area contributed by atoms with Gasteiger partial charge in [-0.1, -0.05) is 18.2 Å². The Labute approximate surface area is 167 Å². The zero-order valence-electron chi connectivity index (χ0n) is 15.7. The van der Waals surface area contributed by atoms with Crippen LogP contribution in [0.2, 0.25) is 0 Å². The van der Waals surface area contributed by atoms with Crippen LogP contribution in [-0.4, -0.2) is 48.4 Å². The monoisotopic (exact) mass is 399 g/mol. The topological polar surface area (TPSA) is 77.7 Å². The molecular weight excluding hydrogens is 378 g/mol. The third-order valence-corrected chi connectivity index (χ3v) is 4.77. The van der Waals surface area contributed by atoms with Crippen LogP contribution in [-0.2, 0) is 16.1 Å². The van der Waals surface area contributed by atoms with Gasteiger partial charge in [0.25, 0.3) is 5.89 Å². The van der Waals surface area contributed by atoms with Crippen LogP contribution in [0.1, 0.15) is 11.5 Å². The molecule has 1 amide bonds. The summed E-state index contributed by atoms with van der Waals surface area (Å²) < 4.78 is 16.0. The largest absolute Gasteiger partial charge is 0.497 e. The molecule has 0 saturated heterocycles. The third kappa shape index (κ3) is 5.28. The quantitative estimate of drug-likeness (QED) is 0.513. The summed E-state index contributed by atoms with van der Waals surface area (Å²) >= 11 is 1.52. The molecule has 2 heterocycles. The molecule has 1 aromatic carbocycles. The van der Waals surface area contributed by atoms with Gasteiger partial charge in [0.15, 0.2) is 0 Å². The predicted octanol–water partition coefficient (Wildman–Crippen LogP) is 3.50. The number of carbonyl (C=O) groups is 1. The lowest BCUT2D eigenvalue weighted by Crippen LogP contribution is -2.32. The molecule has 146 valence electrons. The molecule has 0 radical (unpaired) electrons. The van der Waals surface area contributed by atoms with Gasteiger partial charge in [-0.2, -0.15) is 0 Å². The summed E-state index contributed by atoms with van der Waals surface area (Å²) in [5.74, 6) is 1.40. The van der Waals surface area contributed by atoms with Crippen LogP contribution in [0.25, 0.3) is 16.8 Å². The van der Waals surface area contributed by atoms with E-state index in [0.29, 0.717) is 24.9 Å². The first kappa shape index (κ1) is 19.8. The lowest BCUT2D eigenvalue weighted by molar-refractivity contribution is -0.127. The Morgan fingerprint density at radius 2 is 2.14 bits per heavy atom. The van der Waals surface area contributed by atoms with Crippen molar-refractivity contribution in [3.8, 4) is 16.5 Å². The number of nitrogens with zero attached hydrogens (tertiary/aromatic N) is 3. The summed E-state index contributed by atoms with van der Waals surface area (Å²) in [4.78, 5) is 15.2. The minimum Gasteiger partial charge on any atom is -0.497 e. The zero-order valence-corrected chi connectivity index (χ0v) is 16.5. The molecule has 0 spiro atoms. The average molecular weight is 399 g/mol. The lowest BCUT2D eigenvalue weighted by atomic mass is 10.2. The number of aromatic nitrogens is 2. The van der Waals surface area contributed by atoms with Crippen molar-refractivity contribution >= 4 is 23.3 Å². The fraction of sp³-hybridized carbons (Fsp3) is 0.250. The predicted molar refractivity (Wildman–Crippen MR) is 107 cm³/mol. The lowest BCUT2D eigenvalue weighted by Gasteiger charge is -2.18. The second-order valence-electron chi connectivity index (χ2n) is 5.84. The van der Waals surface area contributed by atoms with Crippen LogP contribution in [0, 0.1) is 0 Å². The average Bonchev–Trinajstić information content (AvgIpc) is 3.41. The van der Waals surface area contributed by atoms with E-state index in [1.807, 2.05) is 41.8 Å². The molecular formula is C20H21N3O4S. The van der Waals surface area contributed by atoms with E-state index in [1.54, 1.807) is 25.2 Å². The molecule has 0 fully saturated rings. The number of ether oxygens (including phenoxy) is 2. The van der Waals surface area contributed by atoms with Crippen LogP contribution in [0.15, 0.2) is 52.3 Å². The van der Waals surface area contributed by atoms with Gasteiger partial charge in [0.2, 0.25) is 11.8 Å². The van der Waals surface area contributed by atoms with E-state index in [2.05, 4.69) is 10.2 Å². The number of hydrogen-bond acceptors (Lipinski definition) is 7. The van der Waals surface area contributed by atoms with Crippen molar-refractivity contribution in [2.24, 2.45) is 0 Å². The second kappa shape index (κ2) is 9.82. The fourth-order valence-corrected chi connectivity index (χ4v) is 3.11. The van der Waals surface area contributed by atoms with E-state index < -0.39 is 0 Å². The Hall–Kier alpha value is -2.97. The molecule has 0 unspecified atom stereocenters. The summed E-state index contributed by atoms with van der Waals surface area (Å²) in [7, 11) is 3.20. The van der Waals surface area contributed by atoms with Gasteiger partial charge in [0.05, 0.1) is 25.1 Å². The SMILES string of the molecule is COCCN(Cc1nnc(-c2cccs2)o1)C(=O)C=Cc1cccc(OC)c1. The highest BCUT2D eigenvalue weighted by atomic mass is 32.1. The first-order valence-corrected chi connectivity index (χ1v) is 9.54. The summed E-state index contributed by atoms with van der Waals surface area (Å²) in [6, 6.07) is 11.3. The first-order chi connectivity index (χ1) is 13.7.